The molecule has 0 atom stereocenters. The monoisotopic (exact) mass is 400 g/mol. The number of aromatic nitrogens is 4. The van der Waals surface area contributed by atoms with Gasteiger partial charge in [-0.05, 0) is 37.8 Å². The molecule has 0 saturated heterocycles. The number of methoxy groups -OCH3 is 1. The second kappa shape index (κ2) is 9.40. The zero-order chi connectivity index (χ0) is 20.8. The lowest BCUT2D eigenvalue weighted by atomic mass is 10.2. The lowest BCUT2D eigenvalue weighted by molar-refractivity contribution is 0.133. The Morgan fingerprint density at radius 2 is 2.00 bits per heavy atom. The summed E-state index contributed by atoms with van der Waals surface area (Å²) in [6.45, 7) is 7.60. The van der Waals surface area contributed by atoms with Crippen LogP contribution in [-0.2, 0) is 4.74 Å². The highest BCUT2D eigenvalue weighted by molar-refractivity contribution is 5.87. The van der Waals surface area contributed by atoms with Gasteiger partial charge in [0.05, 0.1) is 19.2 Å². The van der Waals surface area contributed by atoms with E-state index in [1.54, 1.807) is 7.11 Å². The number of anilines is 1. The molecular weight excluding hydrogens is 372 g/mol. The lowest BCUT2D eigenvalue weighted by Gasteiger charge is -2.12. The Kier molecular flexibility index (Phi) is 6.69. The Bertz CT molecular complexity index is 985. The standard InChI is InChI=1S/C20H28N6O3/c1-13(2)12-29-20(27)22-11-6-5-10-21-18-19-25-24-14(3)26(19)15-8-7-9-16(28-4)17(15)23-18/h7-9,13H,5-6,10-12H2,1-4H3,(H,21,23)(H,22,27). The summed E-state index contributed by atoms with van der Waals surface area (Å²) < 4.78 is 12.5. The summed E-state index contributed by atoms with van der Waals surface area (Å²) in [6.07, 6.45) is 1.31. The van der Waals surface area contributed by atoms with Gasteiger partial charge in [-0.25, -0.2) is 9.78 Å². The number of ether oxygens (including phenoxy) is 2. The van der Waals surface area contributed by atoms with Crippen molar-refractivity contribution in [2.75, 3.05) is 32.1 Å². The van der Waals surface area contributed by atoms with Crippen LogP contribution in [-0.4, -0.2) is 52.5 Å². The average Bonchev–Trinajstić information content (AvgIpc) is 3.10. The first-order chi connectivity index (χ1) is 14.0. The van der Waals surface area contributed by atoms with Crippen molar-refractivity contribution in [3.63, 3.8) is 0 Å². The maximum absolute atomic E-state index is 11.5. The first kappa shape index (κ1) is 20.6. The van der Waals surface area contributed by atoms with Crippen LogP contribution in [0.1, 0.15) is 32.5 Å². The number of alkyl carbamates (subject to hydrolysis) is 1. The molecular formula is C20H28N6O3. The van der Waals surface area contributed by atoms with Crippen molar-refractivity contribution in [2.24, 2.45) is 5.92 Å². The van der Waals surface area contributed by atoms with E-state index in [-0.39, 0.29) is 6.09 Å². The third-order valence-electron chi connectivity index (χ3n) is 4.41. The number of carbonyl (C=O) groups excluding carboxylic acids is 1. The van der Waals surface area contributed by atoms with Crippen molar-refractivity contribution in [1.82, 2.24) is 24.9 Å². The number of rotatable bonds is 9. The normalized spacial score (nSPS) is 11.2. The third-order valence-corrected chi connectivity index (χ3v) is 4.41. The van der Waals surface area contributed by atoms with Crippen LogP contribution in [0.3, 0.4) is 0 Å². The van der Waals surface area contributed by atoms with E-state index in [0.29, 0.717) is 42.8 Å². The molecule has 0 spiro atoms. The van der Waals surface area contributed by atoms with E-state index in [4.69, 9.17) is 14.5 Å². The SMILES string of the molecule is COc1cccc2c1nc(NCCCCNC(=O)OCC(C)C)c1nnc(C)n12. The van der Waals surface area contributed by atoms with E-state index in [1.807, 2.05) is 43.4 Å². The Balaban J connectivity index is 1.61. The molecule has 0 unspecified atom stereocenters. The largest absolute Gasteiger partial charge is 0.494 e. The van der Waals surface area contributed by atoms with E-state index in [9.17, 15) is 4.79 Å². The molecule has 0 aliphatic rings. The highest BCUT2D eigenvalue weighted by Gasteiger charge is 2.15. The second-order valence-electron chi connectivity index (χ2n) is 7.25. The molecule has 2 N–H and O–H groups in total. The van der Waals surface area contributed by atoms with Gasteiger partial charge in [-0.1, -0.05) is 19.9 Å². The second-order valence-corrected chi connectivity index (χ2v) is 7.25. The molecule has 2 aromatic heterocycles. The first-order valence-electron chi connectivity index (χ1n) is 9.84. The van der Waals surface area contributed by atoms with Gasteiger partial charge in [0, 0.05) is 13.1 Å². The van der Waals surface area contributed by atoms with E-state index < -0.39 is 0 Å². The molecule has 0 aliphatic heterocycles. The highest BCUT2D eigenvalue weighted by atomic mass is 16.5. The number of unbranched alkanes of at least 4 members (excludes halogenated alkanes) is 1. The number of nitrogens with one attached hydrogen (secondary N) is 2. The number of benzene rings is 1. The molecule has 0 saturated carbocycles. The number of hydrogen-bond acceptors (Lipinski definition) is 7. The van der Waals surface area contributed by atoms with Gasteiger partial charge in [0.25, 0.3) is 0 Å². The van der Waals surface area contributed by atoms with E-state index in [0.717, 1.165) is 29.7 Å². The van der Waals surface area contributed by atoms with E-state index in [1.165, 1.54) is 0 Å². The number of nitrogens with zero attached hydrogens (tertiary/aromatic N) is 4. The predicted octanol–water partition coefficient (Wildman–Crippen LogP) is 3.17. The minimum Gasteiger partial charge on any atom is -0.494 e. The fourth-order valence-electron chi connectivity index (χ4n) is 2.99. The Morgan fingerprint density at radius 3 is 2.76 bits per heavy atom. The molecule has 3 aromatic rings. The zero-order valence-corrected chi connectivity index (χ0v) is 17.4. The van der Waals surface area contributed by atoms with Crippen LogP contribution in [0.25, 0.3) is 16.7 Å². The van der Waals surface area contributed by atoms with Crippen LogP contribution in [0.5, 0.6) is 5.75 Å². The van der Waals surface area contributed by atoms with Crippen molar-refractivity contribution in [1.29, 1.82) is 0 Å². The van der Waals surface area contributed by atoms with Crippen molar-refractivity contribution in [2.45, 2.75) is 33.6 Å². The molecule has 3 rings (SSSR count). The zero-order valence-electron chi connectivity index (χ0n) is 17.4. The number of carbonyl (C=O) groups is 1. The fourth-order valence-corrected chi connectivity index (χ4v) is 2.99. The number of para-hydroxylation sites is 1. The summed E-state index contributed by atoms with van der Waals surface area (Å²) in [4.78, 5) is 16.3. The molecule has 9 heteroatoms. The van der Waals surface area contributed by atoms with Gasteiger partial charge < -0.3 is 20.1 Å². The summed E-state index contributed by atoms with van der Waals surface area (Å²) in [6, 6.07) is 5.78. The van der Waals surface area contributed by atoms with Crippen LogP contribution < -0.4 is 15.4 Å². The maximum Gasteiger partial charge on any atom is 0.407 e. The van der Waals surface area contributed by atoms with Crippen molar-refractivity contribution < 1.29 is 14.3 Å². The summed E-state index contributed by atoms with van der Waals surface area (Å²) in [7, 11) is 1.63. The van der Waals surface area contributed by atoms with Gasteiger partial charge in [0.2, 0.25) is 5.65 Å². The van der Waals surface area contributed by atoms with Gasteiger partial charge in [0.15, 0.2) is 5.82 Å². The lowest BCUT2D eigenvalue weighted by Crippen LogP contribution is -2.26. The quantitative estimate of drug-likeness (QED) is 0.532. The van der Waals surface area contributed by atoms with E-state index >= 15 is 0 Å². The third kappa shape index (κ3) is 4.85. The topological polar surface area (TPSA) is 103 Å². The Morgan fingerprint density at radius 1 is 1.21 bits per heavy atom. The molecule has 2 heterocycles. The molecule has 0 fully saturated rings. The predicted molar refractivity (Wildman–Crippen MR) is 111 cm³/mol. The summed E-state index contributed by atoms with van der Waals surface area (Å²) >= 11 is 0. The van der Waals surface area contributed by atoms with E-state index in [2.05, 4.69) is 20.8 Å². The minimum atomic E-state index is -0.365. The molecule has 1 aromatic carbocycles. The van der Waals surface area contributed by atoms with Crippen LogP contribution in [0.15, 0.2) is 18.2 Å². The highest BCUT2D eigenvalue weighted by Crippen LogP contribution is 2.28. The smallest absolute Gasteiger partial charge is 0.407 e. The molecule has 156 valence electrons. The van der Waals surface area contributed by atoms with Crippen LogP contribution >= 0.6 is 0 Å². The van der Waals surface area contributed by atoms with Gasteiger partial charge >= 0.3 is 6.09 Å². The molecule has 0 aliphatic carbocycles. The fraction of sp³-hybridized carbons (Fsp3) is 0.500. The van der Waals surface area contributed by atoms with Crippen molar-refractivity contribution in [3.8, 4) is 5.75 Å². The van der Waals surface area contributed by atoms with Crippen molar-refractivity contribution >= 4 is 28.6 Å². The number of amides is 1. The minimum absolute atomic E-state index is 0.329. The molecule has 1 amide bonds. The molecule has 29 heavy (non-hydrogen) atoms. The summed E-state index contributed by atoms with van der Waals surface area (Å²) in [5, 5.41) is 14.6. The van der Waals surface area contributed by atoms with Crippen LogP contribution in [0.4, 0.5) is 10.6 Å². The number of hydrogen-bond donors (Lipinski definition) is 2. The van der Waals surface area contributed by atoms with Crippen LogP contribution in [0.2, 0.25) is 0 Å². The first-order valence-corrected chi connectivity index (χ1v) is 9.84. The Hall–Kier alpha value is -3.10. The van der Waals surface area contributed by atoms with Gasteiger partial charge in [-0.3, -0.25) is 4.40 Å². The van der Waals surface area contributed by atoms with Gasteiger partial charge in [-0.2, -0.15) is 0 Å². The maximum atomic E-state index is 11.5. The number of fused-ring (bicyclic) bond motifs is 3. The van der Waals surface area contributed by atoms with Crippen LogP contribution in [0, 0.1) is 12.8 Å². The average molecular weight is 400 g/mol. The van der Waals surface area contributed by atoms with Crippen molar-refractivity contribution in [3.05, 3.63) is 24.0 Å². The molecule has 9 nitrogen and oxygen atoms in total. The number of aryl methyl sites for hydroxylation is 1. The summed E-state index contributed by atoms with van der Waals surface area (Å²) in [5.74, 6) is 2.47. The van der Waals surface area contributed by atoms with Gasteiger partial charge in [0.1, 0.15) is 17.1 Å². The molecule has 0 bridgehead atoms. The van der Waals surface area contributed by atoms with Gasteiger partial charge in [-0.15, -0.1) is 10.2 Å². The Labute approximate surface area is 169 Å². The summed E-state index contributed by atoms with van der Waals surface area (Å²) in [5.41, 5.74) is 2.33. The molecule has 0 radical (unpaired) electrons.